The predicted molar refractivity (Wildman–Crippen MR) is 68.2 cm³/mol. The largest absolute Gasteiger partial charge is 0.478 e. The number of carboxylic acid groups (broad SMARTS) is 1. The molecular formula is C13H15N3O3. The zero-order valence-electron chi connectivity index (χ0n) is 10.8. The molecule has 1 saturated heterocycles. The van der Waals surface area contributed by atoms with Gasteiger partial charge in [-0.15, -0.1) is 0 Å². The van der Waals surface area contributed by atoms with Gasteiger partial charge >= 0.3 is 5.97 Å². The minimum absolute atomic E-state index is 0.101. The van der Waals surface area contributed by atoms with E-state index in [-0.39, 0.29) is 17.6 Å². The number of hydrogen-bond donors (Lipinski definition) is 1. The molecule has 2 atom stereocenters. The first kappa shape index (κ1) is 12.1. The average Bonchev–Trinajstić information content (AvgIpc) is 2.93. The fourth-order valence-electron chi connectivity index (χ4n) is 2.67. The molecule has 2 aromatic heterocycles. The number of aryl methyl sites for hydroxylation is 1. The summed E-state index contributed by atoms with van der Waals surface area (Å²) < 4.78 is 7.43. The van der Waals surface area contributed by atoms with E-state index in [1.807, 2.05) is 18.5 Å². The summed E-state index contributed by atoms with van der Waals surface area (Å²) in [6, 6.07) is 1.48. The molecule has 1 aliphatic heterocycles. The fourth-order valence-corrected chi connectivity index (χ4v) is 2.67. The van der Waals surface area contributed by atoms with E-state index in [4.69, 9.17) is 4.74 Å². The molecule has 1 N–H and O–H groups in total. The highest BCUT2D eigenvalue weighted by Gasteiger charge is 2.30. The third-order valence-corrected chi connectivity index (χ3v) is 3.73. The maximum Gasteiger partial charge on any atom is 0.338 e. The second-order valence-corrected chi connectivity index (χ2v) is 4.84. The summed E-state index contributed by atoms with van der Waals surface area (Å²) in [4.78, 5) is 20.0. The van der Waals surface area contributed by atoms with Crippen molar-refractivity contribution in [1.82, 2.24) is 14.5 Å². The molecule has 0 radical (unpaired) electrons. The van der Waals surface area contributed by atoms with Crippen LogP contribution in [-0.4, -0.2) is 38.3 Å². The number of carboxylic acids is 1. The zero-order chi connectivity index (χ0) is 13.6. The van der Waals surface area contributed by atoms with Crippen molar-refractivity contribution < 1.29 is 14.6 Å². The Morgan fingerprint density at radius 3 is 3.00 bits per heavy atom. The number of nitrogens with zero attached hydrogens (tertiary/aromatic N) is 3. The van der Waals surface area contributed by atoms with E-state index in [0.717, 1.165) is 12.2 Å². The van der Waals surface area contributed by atoms with Crippen molar-refractivity contribution in [3.8, 4) is 0 Å². The summed E-state index contributed by atoms with van der Waals surface area (Å²) in [7, 11) is 1.87. The molecule has 2 unspecified atom stereocenters. The molecule has 3 rings (SSSR count). The average molecular weight is 261 g/mol. The number of rotatable bonds is 2. The van der Waals surface area contributed by atoms with Crippen LogP contribution in [0.4, 0.5) is 0 Å². The van der Waals surface area contributed by atoms with Crippen LogP contribution in [-0.2, 0) is 11.8 Å². The van der Waals surface area contributed by atoms with Crippen molar-refractivity contribution in [3.05, 3.63) is 23.7 Å². The van der Waals surface area contributed by atoms with Crippen LogP contribution >= 0.6 is 0 Å². The topological polar surface area (TPSA) is 77.2 Å². The third-order valence-electron chi connectivity index (χ3n) is 3.73. The van der Waals surface area contributed by atoms with Gasteiger partial charge < -0.3 is 14.4 Å². The quantitative estimate of drug-likeness (QED) is 0.887. The molecule has 0 spiro atoms. The van der Waals surface area contributed by atoms with Crippen molar-refractivity contribution in [2.24, 2.45) is 7.05 Å². The Morgan fingerprint density at radius 1 is 1.58 bits per heavy atom. The van der Waals surface area contributed by atoms with Gasteiger partial charge in [-0.3, -0.25) is 0 Å². The summed E-state index contributed by atoms with van der Waals surface area (Å²) >= 11 is 0. The highest BCUT2D eigenvalue weighted by Crippen LogP contribution is 2.32. The number of ether oxygens (including phenoxy) is 1. The summed E-state index contributed by atoms with van der Waals surface area (Å²) in [5.74, 6) is 0.0646. The molecule has 6 nitrogen and oxygen atoms in total. The van der Waals surface area contributed by atoms with Gasteiger partial charge in [0, 0.05) is 25.8 Å². The maximum absolute atomic E-state index is 11.2. The lowest BCUT2D eigenvalue weighted by atomic mass is 10.0. The Kier molecular flexibility index (Phi) is 2.74. The van der Waals surface area contributed by atoms with Gasteiger partial charge in [0.1, 0.15) is 11.3 Å². The summed E-state index contributed by atoms with van der Waals surface area (Å²) in [6.07, 6.45) is 2.51. The molecule has 0 bridgehead atoms. The Balaban J connectivity index is 2.19. The maximum atomic E-state index is 11.2. The lowest BCUT2D eigenvalue weighted by Gasteiger charge is -2.13. The molecule has 2 aromatic rings. The fraction of sp³-hybridized carbons (Fsp3) is 0.462. The zero-order valence-corrected chi connectivity index (χ0v) is 10.8. The van der Waals surface area contributed by atoms with E-state index in [2.05, 4.69) is 9.97 Å². The van der Waals surface area contributed by atoms with Crippen LogP contribution in [0.25, 0.3) is 11.2 Å². The van der Waals surface area contributed by atoms with Crippen LogP contribution < -0.4 is 0 Å². The minimum Gasteiger partial charge on any atom is -0.478 e. The summed E-state index contributed by atoms with van der Waals surface area (Å²) in [6.45, 7) is 2.73. The van der Waals surface area contributed by atoms with Crippen LogP contribution in [0.15, 0.2) is 12.3 Å². The molecule has 1 aliphatic rings. The first-order valence-corrected chi connectivity index (χ1v) is 6.26. The summed E-state index contributed by atoms with van der Waals surface area (Å²) in [5, 5.41) is 9.20. The number of fused-ring (bicyclic) bond motifs is 1. The van der Waals surface area contributed by atoms with Crippen LogP contribution in [0.1, 0.15) is 35.4 Å². The smallest absolute Gasteiger partial charge is 0.338 e. The van der Waals surface area contributed by atoms with E-state index in [0.29, 0.717) is 17.8 Å². The SMILES string of the molecule is CC1OCCC1c1nc2c(C(=O)O)ccnc2n1C. The molecule has 0 saturated carbocycles. The Morgan fingerprint density at radius 2 is 2.37 bits per heavy atom. The third kappa shape index (κ3) is 1.79. The van der Waals surface area contributed by atoms with Gasteiger partial charge in [0.2, 0.25) is 0 Å². The molecule has 100 valence electrons. The standard InChI is InChI=1S/C13H15N3O3/c1-7-8(4-6-19-7)11-15-10-9(13(17)18)3-5-14-12(10)16(11)2/h3,5,7-8H,4,6H2,1-2H3,(H,17,18). The first-order chi connectivity index (χ1) is 9.09. The van der Waals surface area contributed by atoms with Gasteiger partial charge in [0.25, 0.3) is 0 Å². The number of aromatic carboxylic acids is 1. The molecule has 0 amide bonds. The normalized spacial score (nSPS) is 23.1. The Bertz CT molecular complexity index is 650. The van der Waals surface area contributed by atoms with Gasteiger partial charge in [0.05, 0.1) is 11.7 Å². The Hall–Kier alpha value is -1.95. The van der Waals surface area contributed by atoms with Gasteiger partial charge in [-0.1, -0.05) is 0 Å². The van der Waals surface area contributed by atoms with Gasteiger partial charge in [-0.2, -0.15) is 0 Å². The number of aromatic nitrogens is 3. The van der Waals surface area contributed by atoms with Crippen molar-refractivity contribution in [3.63, 3.8) is 0 Å². The van der Waals surface area contributed by atoms with Crippen molar-refractivity contribution >= 4 is 17.1 Å². The lowest BCUT2D eigenvalue weighted by molar-refractivity contribution is 0.0698. The van der Waals surface area contributed by atoms with E-state index >= 15 is 0 Å². The lowest BCUT2D eigenvalue weighted by Crippen LogP contribution is -2.13. The summed E-state index contributed by atoms with van der Waals surface area (Å²) in [5.41, 5.74) is 1.25. The van der Waals surface area contributed by atoms with Crippen LogP contribution in [0, 0.1) is 0 Å². The predicted octanol–water partition coefficient (Wildman–Crippen LogP) is 1.56. The second kappa shape index (κ2) is 4.31. The molecule has 0 aromatic carbocycles. The second-order valence-electron chi connectivity index (χ2n) is 4.84. The molecule has 19 heavy (non-hydrogen) atoms. The minimum atomic E-state index is -0.979. The van der Waals surface area contributed by atoms with Crippen molar-refractivity contribution in [2.75, 3.05) is 6.61 Å². The van der Waals surface area contributed by atoms with E-state index in [9.17, 15) is 9.90 Å². The number of pyridine rings is 1. The van der Waals surface area contributed by atoms with Crippen LogP contribution in [0.3, 0.4) is 0 Å². The molecule has 1 fully saturated rings. The number of hydrogen-bond acceptors (Lipinski definition) is 4. The van der Waals surface area contributed by atoms with Crippen LogP contribution in [0.5, 0.6) is 0 Å². The Labute approximate surface area is 110 Å². The van der Waals surface area contributed by atoms with Crippen LogP contribution in [0.2, 0.25) is 0 Å². The van der Waals surface area contributed by atoms with E-state index in [1.165, 1.54) is 12.3 Å². The van der Waals surface area contributed by atoms with Gasteiger partial charge in [0.15, 0.2) is 5.65 Å². The highest BCUT2D eigenvalue weighted by molar-refractivity contribution is 5.99. The molecular weight excluding hydrogens is 246 g/mol. The van der Waals surface area contributed by atoms with Crippen molar-refractivity contribution in [2.45, 2.75) is 25.4 Å². The first-order valence-electron chi connectivity index (χ1n) is 6.26. The monoisotopic (exact) mass is 261 g/mol. The number of imidazole rings is 1. The molecule has 3 heterocycles. The number of carbonyl (C=O) groups is 1. The van der Waals surface area contributed by atoms with E-state index < -0.39 is 5.97 Å². The van der Waals surface area contributed by atoms with Crippen molar-refractivity contribution in [1.29, 1.82) is 0 Å². The van der Waals surface area contributed by atoms with E-state index in [1.54, 1.807) is 0 Å². The van der Waals surface area contributed by atoms with Gasteiger partial charge in [-0.25, -0.2) is 14.8 Å². The molecule has 0 aliphatic carbocycles. The molecule has 6 heteroatoms. The highest BCUT2D eigenvalue weighted by atomic mass is 16.5. The van der Waals surface area contributed by atoms with Gasteiger partial charge in [-0.05, 0) is 19.4 Å².